The van der Waals surface area contributed by atoms with Crippen LogP contribution in [0.4, 0.5) is 0 Å². The largest absolute Gasteiger partial charge is 0.464 e. The van der Waals surface area contributed by atoms with E-state index in [9.17, 15) is 4.79 Å². The summed E-state index contributed by atoms with van der Waals surface area (Å²) in [6.45, 7) is 0. The van der Waals surface area contributed by atoms with E-state index in [2.05, 4.69) is 13.5 Å². The maximum Gasteiger partial charge on any atom is 0.359 e. The molecular formula is C4H4N2O2S3. The van der Waals surface area contributed by atoms with Crippen molar-refractivity contribution in [1.82, 2.24) is 8.75 Å². The summed E-state index contributed by atoms with van der Waals surface area (Å²) in [4.78, 5) is 10.8. The molecule has 0 bridgehead atoms. The van der Waals surface area contributed by atoms with Crippen LogP contribution in [-0.2, 0) is 4.74 Å². The van der Waals surface area contributed by atoms with Crippen LogP contribution in [0.15, 0.2) is 6.20 Å². The minimum atomic E-state index is -0.454. The highest BCUT2D eigenvalue weighted by molar-refractivity contribution is 7.91. The summed E-state index contributed by atoms with van der Waals surface area (Å²) in [5.74, 6) is -0.454. The maximum absolute atomic E-state index is 10.8. The van der Waals surface area contributed by atoms with Gasteiger partial charge in [-0.2, -0.15) is 8.75 Å². The first-order valence-electron chi connectivity index (χ1n) is 2.54. The highest BCUT2D eigenvalue weighted by atomic mass is 33.2. The first-order chi connectivity index (χ1) is 5.34. The van der Waals surface area contributed by atoms with E-state index in [1.807, 2.05) is 0 Å². The van der Waals surface area contributed by atoms with Gasteiger partial charge < -0.3 is 4.74 Å². The number of rotatable bonds is 1. The van der Waals surface area contributed by atoms with Crippen LogP contribution in [0.2, 0.25) is 0 Å². The van der Waals surface area contributed by atoms with Crippen LogP contribution in [0.3, 0.4) is 0 Å². The van der Waals surface area contributed by atoms with Crippen molar-refractivity contribution < 1.29 is 9.53 Å². The summed E-state index contributed by atoms with van der Waals surface area (Å²) >= 11 is 0. The first kappa shape index (κ1) is 8.57. The van der Waals surface area contributed by atoms with E-state index in [1.165, 1.54) is 43.7 Å². The van der Waals surface area contributed by atoms with Gasteiger partial charge in [-0.1, -0.05) is 0 Å². The lowest BCUT2D eigenvalue weighted by Gasteiger charge is -1.90. The molecule has 0 unspecified atom stereocenters. The third-order valence-corrected chi connectivity index (χ3v) is 3.34. The van der Waals surface area contributed by atoms with E-state index in [-0.39, 0.29) is 5.69 Å². The molecule has 7 heteroatoms. The third kappa shape index (κ3) is 2.52. The topological polar surface area (TPSA) is 52.1 Å². The predicted molar refractivity (Wildman–Crippen MR) is 44.6 cm³/mol. The van der Waals surface area contributed by atoms with Crippen LogP contribution in [0.5, 0.6) is 0 Å². The quantitative estimate of drug-likeness (QED) is 0.519. The molecule has 1 heterocycles. The molecule has 0 spiro atoms. The summed E-state index contributed by atoms with van der Waals surface area (Å²) in [5, 5.41) is 0. The fraction of sp³-hybridized carbons (Fsp3) is 0.250. The Morgan fingerprint density at radius 2 is 2.45 bits per heavy atom. The number of hydrogen-bond acceptors (Lipinski definition) is 7. The summed E-state index contributed by atoms with van der Waals surface area (Å²) in [7, 11) is 5.18. The van der Waals surface area contributed by atoms with E-state index >= 15 is 0 Å². The Morgan fingerprint density at radius 1 is 1.64 bits per heavy atom. The van der Waals surface area contributed by atoms with Crippen molar-refractivity contribution in [3.05, 3.63) is 11.9 Å². The van der Waals surface area contributed by atoms with Crippen molar-refractivity contribution in [2.45, 2.75) is 0 Å². The van der Waals surface area contributed by atoms with Gasteiger partial charge in [0.25, 0.3) is 0 Å². The van der Waals surface area contributed by atoms with Crippen LogP contribution in [0.25, 0.3) is 0 Å². The molecule has 0 aliphatic heterocycles. The SMILES string of the molecule is COC(=O)c1cnsssn1. The van der Waals surface area contributed by atoms with Gasteiger partial charge in [0.2, 0.25) is 0 Å². The lowest BCUT2D eigenvalue weighted by Crippen LogP contribution is -2.01. The molecular weight excluding hydrogens is 204 g/mol. The minimum absolute atomic E-state index is 0.245. The minimum Gasteiger partial charge on any atom is -0.464 e. The van der Waals surface area contributed by atoms with Crippen LogP contribution in [0, 0.1) is 0 Å². The Bertz CT molecular complexity index is 256. The molecule has 0 saturated heterocycles. The van der Waals surface area contributed by atoms with Gasteiger partial charge >= 0.3 is 5.97 Å². The number of ether oxygens (including phenoxy) is 1. The van der Waals surface area contributed by atoms with E-state index in [4.69, 9.17) is 0 Å². The van der Waals surface area contributed by atoms with Gasteiger partial charge in [0, 0.05) is 30.4 Å². The number of methoxy groups -OCH3 is 1. The van der Waals surface area contributed by atoms with Gasteiger partial charge in [0.05, 0.1) is 13.3 Å². The smallest absolute Gasteiger partial charge is 0.359 e. The summed E-state index contributed by atoms with van der Waals surface area (Å²) in [6, 6.07) is 0. The molecule has 0 amide bonds. The van der Waals surface area contributed by atoms with Crippen molar-refractivity contribution in [2.75, 3.05) is 7.11 Å². The number of hydrogen-bond donors (Lipinski definition) is 0. The van der Waals surface area contributed by atoms with E-state index in [1.54, 1.807) is 0 Å². The second-order valence-electron chi connectivity index (χ2n) is 1.42. The normalized spacial score (nSPS) is 8.82. The van der Waals surface area contributed by atoms with Crippen LogP contribution in [-0.4, -0.2) is 21.8 Å². The Kier molecular flexibility index (Phi) is 3.40. The number of carbonyl (C=O) groups is 1. The maximum atomic E-state index is 10.8. The molecule has 11 heavy (non-hydrogen) atoms. The monoisotopic (exact) mass is 208 g/mol. The fourth-order valence-corrected chi connectivity index (χ4v) is 2.30. The second-order valence-corrected chi connectivity index (χ2v) is 4.77. The Hall–Kier alpha value is -0.530. The van der Waals surface area contributed by atoms with Crippen molar-refractivity contribution in [2.24, 2.45) is 0 Å². The Labute approximate surface area is 73.9 Å². The second kappa shape index (κ2) is 4.37. The van der Waals surface area contributed by atoms with E-state index < -0.39 is 5.97 Å². The van der Waals surface area contributed by atoms with Gasteiger partial charge in [-0.15, -0.1) is 0 Å². The molecule has 1 aromatic heterocycles. The molecule has 1 rings (SSSR count). The number of nitrogens with zero attached hydrogens (tertiary/aromatic N) is 2. The standard InChI is InChI=1S/C4H4N2O2S3/c1-8-4(7)3-2-5-9-11-10-6-3/h2H,1H3. The first-order valence-corrected chi connectivity index (χ1v) is 5.93. The zero-order valence-electron chi connectivity index (χ0n) is 5.51. The van der Waals surface area contributed by atoms with Crippen molar-refractivity contribution in [1.29, 1.82) is 0 Å². The molecule has 60 valence electrons. The van der Waals surface area contributed by atoms with Crippen molar-refractivity contribution >= 4 is 36.4 Å². The lowest BCUT2D eigenvalue weighted by molar-refractivity contribution is 0.0595. The zero-order valence-corrected chi connectivity index (χ0v) is 7.96. The highest BCUT2D eigenvalue weighted by Crippen LogP contribution is 2.05. The van der Waals surface area contributed by atoms with Crippen LogP contribution < -0.4 is 0 Å². The summed E-state index contributed by atoms with van der Waals surface area (Å²) in [6.07, 6.45) is 1.39. The number of esters is 1. The average molecular weight is 208 g/mol. The van der Waals surface area contributed by atoms with Gasteiger partial charge in [-0.25, -0.2) is 4.79 Å². The molecule has 1 aromatic rings. The van der Waals surface area contributed by atoms with Crippen molar-refractivity contribution in [3.8, 4) is 0 Å². The Balaban J connectivity index is 2.98. The van der Waals surface area contributed by atoms with Gasteiger partial charge in [0.15, 0.2) is 5.69 Å². The molecule has 0 N–H and O–H groups in total. The molecule has 0 saturated carbocycles. The van der Waals surface area contributed by atoms with Crippen LogP contribution >= 0.6 is 30.4 Å². The number of aromatic nitrogens is 2. The molecule has 0 aromatic carbocycles. The summed E-state index contributed by atoms with van der Waals surface area (Å²) in [5.41, 5.74) is 0.245. The number of carbonyl (C=O) groups excluding carboxylic acids is 1. The summed E-state index contributed by atoms with van der Waals surface area (Å²) < 4.78 is 12.1. The molecule has 4 nitrogen and oxygen atoms in total. The lowest BCUT2D eigenvalue weighted by atomic mass is 10.5. The highest BCUT2D eigenvalue weighted by Gasteiger charge is 2.04. The third-order valence-electron chi connectivity index (χ3n) is 0.809. The Morgan fingerprint density at radius 3 is 3.18 bits per heavy atom. The van der Waals surface area contributed by atoms with Gasteiger partial charge in [0.1, 0.15) is 0 Å². The van der Waals surface area contributed by atoms with Crippen molar-refractivity contribution in [3.63, 3.8) is 0 Å². The average Bonchev–Trinajstić information content (AvgIpc) is 2.30. The predicted octanol–water partition coefficient (Wildman–Crippen LogP) is 1.57. The zero-order chi connectivity index (χ0) is 8.10. The van der Waals surface area contributed by atoms with Gasteiger partial charge in [-0.3, -0.25) is 0 Å². The molecule has 0 fully saturated rings. The molecule has 0 atom stereocenters. The molecule has 0 aliphatic rings. The fourth-order valence-electron chi connectivity index (χ4n) is 0.376. The van der Waals surface area contributed by atoms with E-state index in [0.717, 1.165) is 0 Å². The van der Waals surface area contributed by atoms with E-state index in [0.29, 0.717) is 0 Å². The van der Waals surface area contributed by atoms with Gasteiger partial charge in [-0.05, 0) is 0 Å². The molecule has 0 radical (unpaired) electrons. The molecule has 0 aliphatic carbocycles. The van der Waals surface area contributed by atoms with Crippen LogP contribution in [0.1, 0.15) is 10.5 Å².